The second kappa shape index (κ2) is 16.5. The van der Waals surface area contributed by atoms with Gasteiger partial charge in [0.1, 0.15) is 0 Å². The van der Waals surface area contributed by atoms with Crippen LogP contribution in [-0.4, -0.2) is 5.71 Å². The monoisotopic (exact) mass is 637 g/mol. The van der Waals surface area contributed by atoms with E-state index in [-0.39, 0.29) is 0 Å². The summed E-state index contributed by atoms with van der Waals surface area (Å²) in [6, 6.07) is 32.3. The fourth-order valence-electron chi connectivity index (χ4n) is 6.13. The molecular weight excluding hydrogens is 591 g/mol. The van der Waals surface area contributed by atoms with Crippen molar-refractivity contribution in [3.8, 4) is 0 Å². The number of hydrogen-bond acceptors (Lipinski definition) is 1. The first-order chi connectivity index (χ1) is 23.8. The summed E-state index contributed by atoms with van der Waals surface area (Å²) in [7, 11) is 0. The molecule has 0 fully saturated rings. The Morgan fingerprint density at radius 1 is 0.755 bits per heavy atom. The summed E-state index contributed by atoms with van der Waals surface area (Å²) in [6.45, 7) is 21.1. The maximum absolute atomic E-state index is 5.26. The van der Waals surface area contributed by atoms with Gasteiger partial charge in [0, 0.05) is 11.3 Å². The molecule has 49 heavy (non-hydrogen) atoms. The molecule has 4 aromatic rings. The average molecular weight is 638 g/mol. The molecule has 0 saturated carbocycles. The van der Waals surface area contributed by atoms with Crippen LogP contribution in [0.1, 0.15) is 83.2 Å². The highest BCUT2D eigenvalue weighted by molar-refractivity contribution is 6.04. The number of benzene rings is 4. The molecule has 1 heteroatoms. The van der Waals surface area contributed by atoms with E-state index in [1.807, 2.05) is 25.1 Å². The zero-order valence-electron chi connectivity index (χ0n) is 29.5. The molecule has 0 heterocycles. The van der Waals surface area contributed by atoms with Gasteiger partial charge in [-0.1, -0.05) is 166 Å². The SMILES string of the molecule is C=C/C=C\c1ccc(/C(=C\C(=C)C)c2ccc(C(=C)/C=C(\N=C(/CC)c3ccc(C4=CCCC=C4)cc3)c3ccccc3)cc2)c(C)c1C. The van der Waals surface area contributed by atoms with Crippen LogP contribution in [0.2, 0.25) is 0 Å². The van der Waals surface area contributed by atoms with Gasteiger partial charge in [0.25, 0.3) is 0 Å². The van der Waals surface area contributed by atoms with Crippen LogP contribution in [0.4, 0.5) is 0 Å². The molecule has 1 aliphatic carbocycles. The summed E-state index contributed by atoms with van der Waals surface area (Å²) in [6.07, 6.45) is 20.0. The number of hydrogen-bond donors (Lipinski definition) is 0. The second-order valence-electron chi connectivity index (χ2n) is 12.6. The Labute approximate surface area is 294 Å². The highest BCUT2D eigenvalue weighted by Gasteiger charge is 2.13. The summed E-state index contributed by atoms with van der Waals surface area (Å²) in [5, 5.41) is 0. The van der Waals surface area contributed by atoms with Gasteiger partial charge >= 0.3 is 0 Å². The van der Waals surface area contributed by atoms with Crippen molar-refractivity contribution in [2.45, 2.75) is 47.0 Å². The lowest BCUT2D eigenvalue weighted by Gasteiger charge is -2.16. The molecule has 0 aliphatic heterocycles. The fraction of sp³-hybridized carbons (Fsp3) is 0.146. The van der Waals surface area contributed by atoms with Crippen molar-refractivity contribution in [1.29, 1.82) is 0 Å². The average Bonchev–Trinajstić information content (AvgIpc) is 3.14. The van der Waals surface area contributed by atoms with E-state index < -0.39 is 0 Å². The molecule has 1 nitrogen and oxygen atoms in total. The van der Waals surface area contributed by atoms with Crippen molar-refractivity contribution in [3.05, 3.63) is 209 Å². The lowest BCUT2D eigenvalue weighted by molar-refractivity contribution is 1.04. The van der Waals surface area contributed by atoms with E-state index in [9.17, 15) is 0 Å². The normalized spacial score (nSPS) is 13.8. The van der Waals surface area contributed by atoms with Crippen LogP contribution in [0.15, 0.2) is 164 Å². The van der Waals surface area contributed by atoms with E-state index in [1.54, 1.807) is 0 Å². The maximum atomic E-state index is 5.26. The van der Waals surface area contributed by atoms with E-state index in [0.717, 1.165) is 69.6 Å². The highest BCUT2D eigenvalue weighted by atomic mass is 14.8. The van der Waals surface area contributed by atoms with E-state index >= 15 is 0 Å². The Balaban J connectivity index is 1.47. The molecule has 5 rings (SSSR count). The van der Waals surface area contributed by atoms with E-state index in [1.165, 1.54) is 33.4 Å². The number of nitrogens with zero attached hydrogens (tertiary/aromatic N) is 1. The highest BCUT2D eigenvalue weighted by Crippen LogP contribution is 2.32. The predicted molar refractivity (Wildman–Crippen MR) is 217 cm³/mol. The summed E-state index contributed by atoms with van der Waals surface area (Å²) >= 11 is 0. The summed E-state index contributed by atoms with van der Waals surface area (Å²) in [4.78, 5) is 5.26. The van der Waals surface area contributed by atoms with Crippen molar-refractivity contribution < 1.29 is 0 Å². The topological polar surface area (TPSA) is 12.4 Å². The molecule has 0 amide bonds. The van der Waals surface area contributed by atoms with Crippen molar-refractivity contribution in [3.63, 3.8) is 0 Å². The fourth-order valence-corrected chi connectivity index (χ4v) is 6.13. The van der Waals surface area contributed by atoms with Crippen LogP contribution >= 0.6 is 0 Å². The molecule has 1 aliphatic rings. The van der Waals surface area contributed by atoms with Crippen molar-refractivity contribution in [1.82, 2.24) is 0 Å². The van der Waals surface area contributed by atoms with Crippen molar-refractivity contribution in [2.24, 2.45) is 4.99 Å². The van der Waals surface area contributed by atoms with E-state index in [4.69, 9.17) is 4.99 Å². The first kappa shape index (κ1) is 34.8. The Morgan fingerprint density at radius 3 is 2.08 bits per heavy atom. The maximum Gasteiger partial charge on any atom is 0.0711 e. The Bertz CT molecular complexity index is 2020. The molecule has 244 valence electrons. The minimum Gasteiger partial charge on any atom is -0.252 e. The zero-order chi connectivity index (χ0) is 34.8. The van der Waals surface area contributed by atoms with E-state index in [2.05, 4.69) is 162 Å². The number of rotatable bonds is 12. The molecular formula is C48H47N. The van der Waals surface area contributed by atoms with Crippen LogP contribution in [0.5, 0.6) is 0 Å². The van der Waals surface area contributed by atoms with Gasteiger partial charge in [-0.15, -0.1) is 0 Å². The summed E-state index contributed by atoms with van der Waals surface area (Å²) in [5.41, 5.74) is 16.9. The predicted octanol–water partition coefficient (Wildman–Crippen LogP) is 13.2. The molecule has 4 aromatic carbocycles. The third-order valence-corrected chi connectivity index (χ3v) is 9.01. The van der Waals surface area contributed by atoms with E-state index in [0.29, 0.717) is 0 Å². The van der Waals surface area contributed by atoms with Gasteiger partial charge in [0.15, 0.2) is 0 Å². The molecule has 0 unspecified atom stereocenters. The van der Waals surface area contributed by atoms with Crippen molar-refractivity contribution >= 4 is 34.2 Å². The van der Waals surface area contributed by atoms with Crippen molar-refractivity contribution in [2.75, 3.05) is 0 Å². The van der Waals surface area contributed by atoms with Gasteiger partial charge in [0.05, 0.1) is 5.70 Å². The minimum absolute atomic E-state index is 0.815. The first-order valence-corrected chi connectivity index (χ1v) is 17.2. The van der Waals surface area contributed by atoms with Crippen LogP contribution in [-0.2, 0) is 0 Å². The van der Waals surface area contributed by atoms with Gasteiger partial charge in [-0.3, -0.25) is 4.99 Å². The smallest absolute Gasteiger partial charge is 0.0711 e. The van der Waals surface area contributed by atoms with Gasteiger partial charge in [-0.25, -0.2) is 0 Å². The molecule has 0 radical (unpaired) electrons. The molecule has 0 atom stereocenters. The largest absolute Gasteiger partial charge is 0.252 e. The standard InChI is InChI=1S/C48H47N/c1-8-10-17-39-30-31-45(37(7)36(39)6)46(32-34(3)4)42-26-22-38(23-27-42)35(5)33-48(43-20-15-12-16-21-43)49-47(9-2)44-28-24-41(25-29-44)40-18-13-11-14-19-40/h8,10,12-13,15-33H,1,3,5,9,11,14H2,2,4,6-7H3/b17-10-,46-32-,48-33-,49-47+. The third-order valence-electron chi connectivity index (χ3n) is 9.01. The summed E-state index contributed by atoms with van der Waals surface area (Å²) < 4.78 is 0. The lowest BCUT2D eigenvalue weighted by atomic mass is 9.88. The third kappa shape index (κ3) is 8.69. The Morgan fingerprint density at radius 2 is 1.45 bits per heavy atom. The molecule has 0 saturated heterocycles. The van der Waals surface area contributed by atoms with Crippen LogP contribution < -0.4 is 0 Å². The van der Waals surface area contributed by atoms with Gasteiger partial charge in [-0.05, 0) is 107 Å². The van der Waals surface area contributed by atoms with Gasteiger partial charge < -0.3 is 0 Å². The van der Waals surface area contributed by atoms with Gasteiger partial charge in [0.2, 0.25) is 0 Å². The number of aliphatic imine (C=N–C) groups is 1. The lowest BCUT2D eigenvalue weighted by Crippen LogP contribution is -2.01. The molecule has 0 bridgehead atoms. The summed E-state index contributed by atoms with van der Waals surface area (Å²) in [5.74, 6) is 0. The first-order valence-electron chi connectivity index (χ1n) is 17.2. The molecule has 0 aromatic heterocycles. The molecule has 0 spiro atoms. The molecule has 0 N–H and O–H groups in total. The minimum atomic E-state index is 0.815. The zero-order valence-corrected chi connectivity index (χ0v) is 29.5. The number of allylic oxidation sites excluding steroid dienone is 10. The quantitative estimate of drug-likeness (QED) is 0.108. The van der Waals surface area contributed by atoms with Gasteiger partial charge in [-0.2, -0.15) is 0 Å². The van der Waals surface area contributed by atoms with Crippen LogP contribution in [0.3, 0.4) is 0 Å². The second-order valence-corrected chi connectivity index (χ2v) is 12.6. The Hall–Kier alpha value is -5.53. The Kier molecular flexibility index (Phi) is 11.7. The van der Waals surface area contributed by atoms with Crippen LogP contribution in [0.25, 0.3) is 28.5 Å². The van der Waals surface area contributed by atoms with Crippen LogP contribution in [0, 0.1) is 13.8 Å².